The Labute approximate surface area is 85.5 Å². The Morgan fingerprint density at radius 1 is 1.50 bits per heavy atom. The van der Waals surface area contributed by atoms with E-state index in [1.165, 1.54) is 5.56 Å². The Morgan fingerprint density at radius 3 is 3.17 bits per heavy atom. The number of benzene rings is 1. The lowest BCUT2D eigenvalue weighted by Crippen LogP contribution is -2.11. The summed E-state index contributed by atoms with van der Waals surface area (Å²) in [6.07, 6.45) is 0. The fraction of sp³-hybridized carbons (Fsp3) is 0.125. The van der Waals surface area contributed by atoms with Crippen molar-refractivity contribution < 1.29 is 0 Å². The van der Waals surface area contributed by atoms with Gasteiger partial charge < -0.3 is 5.32 Å². The maximum Gasteiger partial charge on any atom is 0.138 e. The van der Waals surface area contributed by atoms with Crippen LogP contribution in [-0.2, 0) is 5.75 Å². The van der Waals surface area contributed by atoms with Gasteiger partial charge in [0.1, 0.15) is 4.32 Å². The van der Waals surface area contributed by atoms with Crippen molar-refractivity contribution in [3.8, 4) is 0 Å². The molecule has 0 fully saturated rings. The van der Waals surface area contributed by atoms with Crippen molar-refractivity contribution in [2.45, 2.75) is 5.75 Å². The highest BCUT2D eigenvalue weighted by molar-refractivity contribution is 8.22. The lowest BCUT2D eigenvalue weighted by Gasteiger charge is -2.17. The lowest BCUT2D eigenvalue weighted by molar-refractivity contribution is 1.40. The zero-order chi connectivity index (χ0) is 8.55. The number of rotatable bonds is 0. The van der Waals surface area contributed by atoms with Crippen molar-refractivity contribution in [1.82, 2.24) is 0 Å². The molecule has 1 aliphatic rings. The molecule has 12 heavy (non-hydrogen) atoms. The molecule has 0 saturated carbocycles. The molecule has 0 bridgehead atoms. The third kappa shape index (κ3) is 1.58. The number of anilines is 1. The van der Waals surface area contributed by atoms with Crippen LogP contribution in [0.3, 0.4) is 0 Å². The van der Waals surface area contributed by atoms with Gasteiger partial charge in [0.2, 0.25) is 0 Å². The summed E-state index contributed by atoms with van der Waals surface area (Å²) in [4.78, 5) is 0. The van der Waals surface area contributed by atoms with Gasteiger partial charge in [0.05, 0.1) is 0 Å². The molecule has 0 amide bonds. The molecule has 0 aliphatic carbocycles. The summed E-state index contributed by atoms with van der Waals surface area (Å²) in [5.74, 6) is 0.918. The van der Waals surface area contributed by atoms with E-state index in [1.54, 1.807) is 11.8 Å². The highest BCUT2D eigenvalue weighted by Crippen LogP contribution is 2.30. The van der Waals surface area contributed by atoms with Gasteiger partial charge in [-0.2, -0.15) is 0 Å². The second-order valence-corrected chi connectivity index (χ2v) is 4.59. The Bertz CT molecular complexity index is 338. The molecule has 0 aromatic heterocycles. The van der Waals surface area contributed by atoms with Gasteiger partial charge in [-0.3, -0.25) is 0 Å². The Hall–Kier alpha value is -0.250. The number of thiocarbonyl (C=S) groups is 1. The minimum absolute atomic E-state index is 0.781. The average Bonchev–Trinajstić information content (AvgIpc) is 2.05. The van der Waals surface area contributed by atoms with Crippen LogP contribution in [0.25, 0.3) is 0 Å². The molecule has 0 atom stereocenters. The van der Waals surface area contributed by atoms with E-state index in [1.807, 2.05) is 18.2 Å². The number of hydrogen-bond donors (Lipinski definition) is 1. The first-order valence-corrected chi connectivity index (χ1v) is 5.25. The normalized spacial score (nSPS) is 15.2. The van der Waals surface area contributed by atoms with E-state index in [0.717, 1.165) is 20.8 Å². The van der Waals surface area contributed by atoms with Crippen molar-refractivity contribution >= 4 is 45.6 Å². The van der Waals surface area contributed by atoms with Crippen LogP contribution in [-0.4, -0.2) is 4.32 Å². The van der Waals surface area contributed by atoms with Gasteiger partial charge in [0, 0.05) is 16.5 Å². The topological polar surface area (TPSA) is 12.0 Å². The zero-order valence-corrected chi connectivity index (χ0v) is 8.52. The van der Waals surface area contributed by atoms with Crippen LogP contribution >= 0.6 is 35.6 Å². The number of halogens is 1. The van der Waals surface area contributed by atoms with Gasteiger partial charge in [-0.1, -0.05) is 35.6 Å². The monoisotopic (exact) mass is 215 g/mol. The molecule has 62 valence electrons. The van der Waals surface area contributed by atoms with Gasteiger partial charge in [-0.15, -0.1) is 0 Å². The molecule has 1 heterocycles. The number of hydrogen-bond acceptors (Lipinski definition) is 2. The second-order valence-electron chi connectivity index (χ2n) is 2.50. The molecular formula is C8H6ClNS2. The first kappa shape index (κ1) is 8.35. The molecule has 1 aliphatic heterocycles. The van der Waals surface area contributed by atoms with E-state index >= 15 is 0 Å². The Kier molecular flexibility index (Phi) is 2.26. The highest BCUT2D eigenvalue weighted by Gasteiger charge is 2.11. The molecule has 0 spiro atoms. The summed E-state index contributed by atoms with van der Waals surface area (Å²) in [7, 11) is 0. The number of thioether (sulfide) groups is 1. The third-order valence-corrected chi connectivity index (χ3v) is 3.17. The maximum atomic E-state index is 5.84. The van der Waals surface area contributed by atoms with Crippen molar-refractivity contribution in [2.75, 3.05) is 5.32 Å². The summed E-state index contributed by atoms with van der Waals surface area (Å²) in [6.45, 7) is 0. The first-order valence-electron chi connectivity index (χ1n) is 3.48. The van der Waals surface area contributed by atoms with Gasteiger partial charge in [0.15, 0.2) is 0 Å². The van der Waals surface area contributed by atoms with E-state index in [4.69, 9.17) is 23.8 Å². The van der Waals surface area contributed by atoms with Crippen LogP contribution in [0.15, 0.2) is 18.2 Å². The van der Waals surface area contributed by atoms with Crippen molar-refractivity contribution in [3.05, 3.63) is 28.8 Å². The minimum atomic E-state index is 0.781. The fourth-order valence-electron chi connectivity index (χ4n) is 1.09. The number of fused-ring (bicyclic) bond motifs is 1. The standard InChI is InChI=1S/C8H6ClNS2/c9-6-1-2-7-5(3-6)4-12-8(11)10-7/h1-3H,4H2,(H,10,11). The van der Waals surface area contributed by atoms with E-state index in [9.17, 15) is 0 Å². The smallest absolute Gasteiger partial charge is 0.138 e. The van der Waals surface area contributed by atoms with Crippen LogP contribution in [0.5, 0.6) is 0 Å². The van der Waals surface area contributed by atoms with Crippen LogP contribution in [0.1, 0.15) is 5.56 Å². The molecule has 2 rings (SSSR count). The zero-order valence-electron chi connectivity index (χ0n) is 6.13. The summed E-state index contributed by atoms with van der Waals surface area (Å²) in [5.41, 5.74) is 2.31. The molecule has 0 unspecified atom stereocenters. The molecule has 1 aromatic carbocycles. The molecule has 0 saturated heterocycles. The predicted molar refractivity (Wildman–Crippen MR) is 59.0 cm³/mol. The van der Waals surface area contributed by atoms with Crippen LogP contribution in [0.4, 0.5) is 5.69 Å². The molecular weight excluding hydrogens is 210 g/mol. The van der Waals surface area contributed by atoms with E-state index in [-0.39, 0.29) is 0 Å². The van der Waals surface area contributed by atoms with E-state index < -0.39 is 0 Å². The molecule has 0 radical (unpaired) electrons. The van der Waals surface area contributed by atoms with Crippen LogP contribution in [0, 0.1) is 0 Å². The largest absolute Gasteiger partial charge is 0.341 e. The van der Waals surface area contributed by atoms with Crippen molar-refractivity contribution in [2.24, 2.45) is 0 Å². The fourth-order valence-corrected chi connectivity index (χ4v) is 2.28. The second kappa shape index (κ2) is 3.24. The van der Waals surface area contributed by atoms with Gasteiger partial charge in [0.25, 0.3) is 0 Å². The summed E-state index contributed by atoms with van der Waals surface area (Å²) in [6, 6.07) is 5.80. The predicted octanol–water partition coefficient (Wildman–Crippen LogP) is 3.28. The Morgan fingerprint density at radius 2 is 2.33 bits per heavy atom. The Balaban J connectivity index is 2.43. The van der Waals surface area contributed by atoms with Gasteiger partial charge in [-0.25, -0.2) is 0 Å². The van der Waals surface area contributed by atoms with E-state index in [2.05, 4.69) is 5.32 Å². The van der Waals surface area contributed by atoms with Gasteiger partial charge in [-0.05, 0) is 23.8 Å². The maximum absolute atomic E-state index is 5.84. The SMILES string of the molecule is S=C1Nc2ccc(Cl)cc2CS1. The summed E-state index contributed by atoms with van der Waals surface area (Å²) in [5, 5.41) is 3.90. The van der Waals surface area contributed by atoms with Crippen LogP contribution < -0.4 is 5.32 Å². The highest BCUT2D eigenvalue weighted by atomic mass is 35.5. The van der Waals surface area contributed by atoms with Gasteiger partial charge >= 0.3 is 0 Å². The van der Waals surface area contributed by atoms with Crippen molar-refractivity contribution in [1.29, 1.82) is 0 Å². The molecule has 1 N–H and O–H groups in total. The van der Waals surface area contributed by atoms with Crippen molar-refractivity contribution in [3.63, 3.8) is 0 Å². The lowest BCUT2D eigenvalue weighted by atomic mass is 10.2. The molecule has 4 heteroatoms. The minimum Gasteiger partial charge on any atom is -0.341 e. The quantitative estimate of drug-likeness (QED) is 0.668. The summed E-state index contributed by atoms with van der Waals surface area (Å²) >= 11 is 12.5. The van der Waals surface area contributed by atoms with E-state index in [0.29, 0.717) is 0 Å². The first-order chi connectivity index (χ1) is 5.75. The average molecular weight is 216 g/mol. The molecule has 1 nitrogen and oxygen atoms in total. The third-order valence-electron chi connectivity index (χ3n) is 1.66. The number of nitrogens with one attached hydrogen (secondary N) is 1. The summed E-state index contributed by atoms with van der Waals surface area (Å²) < 4.78 is 0.838. The van der Waals surface area contributed by atoms with Crippen LogP contribution in [0.2, 0.25) is 5.02 Å². The molecule has 1 aromatic rings.